The summed E-state index contributed by atoms with van der Waals surface area (Å²) in [5.74, 6) is -0.915. The summed E-state index contributed by atoms with van der Waals surface area (Å²) < 4.78 is 1.92. The Bertz CT molecular complexity index is 612. The van der Waals surface area contributed by atoms with Gasteiger partial charge in [-0.15, -0.1) is 11.3 Å². The summed E-state index contributed by atoms with van der Waals surface area (Å²) in [6.45, 7) is 0.674. The van der Waals surface area contributed by atoms with Crippen LogP contribution in [0.2, 0.25) is 0 Å². The smallest absolute Gasteiger partial charge is 0.337 e. The van der Waals surface area contributed by atoms with Crippen molar-refractivity contribution in [2.45, 2.75) is 6.54 Å². The van der Waals surface area contributed by atoms with E-state index < -0.39 is 5.97 Å². The predicted molar refractivity (Wildman–Crippen MR) is 85.2 cm³/mol. The zero-order valence-electron chi connectivity index (χ0n) is 10.1. The topological polar surface area (TPSA) is 40.5 Å². The molecule has 1 aromatic carbocycles. The molecule has 0 aliphatic heterocycles. The van der Waals surface area contributed by atoms with Crippen LogP contribution in [-0.4, -0.2) is 18.1 Å². The maximum absolute atomic E-state index is 11.2. The van der Waals surface area contributed by atoms with E-state index in [9.17, 15) is 9.90 Å². The van der Waals surface area contributed by atoms with Crippen molar-refractivity contribution in [1.29, 1.82) is 0 Å². The minimum absolute atomic E-state index is 0.307. The van der Waals surface area contributed by atoms with Gasteiger partial charge in [0.1, 0.15) is 0 Å². The first-order valence-corrected chi connectivity index (χ1v) is 7.91. The highest BCUT2D eigenvalue weighted by Crippen LogP contribution is 2.28. The van der Waals surface area contributed by atoms with Crippen LogP contribution in [0.15, 0.2) is 38.6 Å². The van der Waals surface area contributed by atoms with Crippen molar-refractivity contribution in [3.63, 3.8) is 0 Å². The highest BCUT2D eigenvalue weighted by molar-refractivity contribution is 9.10. The molecule has 0 atom stereocenters. The van der Waals surface area contributed by atoms with Gasteiger partial charge >= 0.3 is 5.97 Å². The van der Waals surface area contributed by atoms with Gasteiger partial charge in [-0.2, -0.15) is 0 Å². The molecule has 0 amide bonds. The number of hydrogen-bond acceptors (Lipinski definition) is 3. The van der Waals surface area contributed by atoms with E-state index in [0.29, 0.717) is 17.8 Å². The number of benzene rings is 1. The maximum atomic E-state index is 11.2. The van der Waals surface area contributed by atoms with Crippen molar-refractivity contribution >= 4 is 54.9 Å². The molecule has 0 saturated carbocycles. The van der Waals surface area contributed by atoms with E-state index in [1.54, 1.807) is 23.5 Å². The molecule has 1 heterocycles. The molecule has 0 aliphatic rings. The fraction of sp³-hybridized carbons (Fsp3) is 0.154. The van der Waals surface area contributed by atoms with Crippen LogP contribution in [0.25, 0.3) is 0 Å². The number of carbonyl (C=O) groups is 1. The van der Waals surface area contributed by atoms with E-state index in [1.165, 1.54) is 4.88 Å². The number of rotatable bonds is 4. The number of anilines is 1. The summed E-state index contributed by atoms with van der Waals surface area (Å²) in [5, 5.41) is 11.2. The first-order valence-electron chi connectivity index (χ1n) is 5.44. The molecule has 19 heavy (non-hydrogen) atoms. The molecule has 0 spiro atoms. The number of thiophene rings is 1. The minimum Gasteiger partial charge on any atom is -0.478 e. The molecule has 3 nitrogen and oxygen atoms in total. The summed E-state index contributed by atoms with van der Waals surface area (Å²) in [6, 6.07) is 7.22. The van der Waals surface area contributed by atoms with E-state index in [4.69, 9.17) is 0 Å². The Morgan fingerprint density at radius 1 is 1.32 bits per heavy atom. The Morgan fingerprint density at radius 2 is 2.05 bits per heavy atom. The van der Waals surface area contributed by atoms with E-state index in [1.807, 2.05) is 29.5 Å². The van der Waals surface area contributed by atoms with Gasteiger partial charge in [-0.3, -0.25) is 0 Å². The van der Waals surface area contributed by atoms with Gasteiger partial charge in [0.2, 0.25) is 0 Å². The zero-order chi connectivity index (χ0) is 14.0. The first kappa shape index (κ1) is 14.6. The quantitative estimate of drug-likeness (QED) is 0.808. The molecular formula is C13H11Br2NO2S. The Morgan fingerprint density at radius 3 is 2.63 bits per heavy atom. The van der Waals surface area contributed by atoms with Crippen molar-refractivity contribution in [3.05, 3.63) is 49.0 Å². The Hall–Kier alpha value is -0.850. The van der Waals surface area contributed by atoms with Crippen LogP contribution in [0.3, 0.4) is 0 Å². The summed E-state index contributed by atoms with van der Waals surface area (Å²) in [6.07, 6.45) is 0. The highest BCUT2D eigenvalue weighted by atomic mass is 79.9. The summed E-state index contributed by atoms with van der Waals surface area (Å²) in [4.78, 5) is 14.4. The third-order valence-corrected chi connectivity index (χ3v) is 4.79. The number of nitrogens with zero attached hydrogens (tertiary/aromatic N) is 1. The second-order valence-corrected chi connectivity index (χ2v) is 6.88. The monoisotopic (exact) mass is 403 g/mol. The molecule has 0 bridgehead atoms. The Kier molecular flexibility index (Phi) is 4.65. The normalized spacial score (nSPS) is 10.5. The molecule has 1 aromatic heterocycles. The molecule has 1 N–H and O–H groups in total. The standard InChI is InChI=1S/C13H11Br2NO2S/c1-16(6-10-4-9(15)7-19-10)12-5-8(14)2-3-11(12)13(17)18/h2-5,7H,6H2,1H3,(H,17,18). The number of carboxylic acid groups (broad SMARTS) is 1. The second kappa shape index (κ2) is 6.07. The molecule has 2 rings (SSSR count). The van der Waals surface area contributed by atoms with Crippen LogP contribution in [0.5, 0.6) is 0 Å². The molecule has 0 unspecified atom stereocenters. The lowest BCUT2D eigenvalue weighted by Crippen LogP contribution is -2.18. The number of aromatic carboxylic acids is 1. The lowest BCUT2D eigenvalue weighted by atomic mass is 10.1. The highest BCUT2D eigenvalue weighted by Gasteiger charge is 2.14. The van der Waals surface area contributed by atoms with Crippen molar-refractivity contribution in [3.8, 4) is 0 Å². The second-order valence-electron chi connectivity index (χ2n) is 4.05. The predicted octanol–water partition coefficient (Wildman–Crippen LogP) is 4.61. The molecular weight excluding hydrogens is 394 g/mol. The fourth-order valence-electron chi connectivity index (χ4n) is 1.76. The van der Waals surface area contributed by atoms with E-state index >= 15 is 0 Å². The van der Waals surface area contributed by atoms with Crippen LogP contribution >= 0.6 is 43.2 Å². The van der Waals surface area contributed by atoms with Gasteiger partial charge in [-0.05, 0) is 40.2 Å². The third kappa shape index (κ3) is 3.58. The van der Waals surface area contributed by atoms with Crippen LogP contribution in [0.1, 0.15) is 15.2 Å². The summed E-state index contributed by atoms with van der Waals surface area (Å²) in [5.41, 5.74) is 1.01. The van der Waals surface area contributed by atoms with E-state index in [2.05, 4.69) is 31.9 Å². The molecule has 0 fully saturated rings. The maximum Gasteiger partial charge on any atom is 0.337 e. The van der Waals surface area contributed by atoms with Gasteiger partial charge in [-0.25, -0.2) is 4.79 Å². The van der Waals surface area contributed by atoms with Gasteiger partial charge in [0, 0.05) is 26.3 Å². The zero-order valence-corrected chi connectivity index (χ0v) is 14.0. The molecule has 0 aliphatic carbocycles. The first-order chi connectivity index (χ1) is 8.97. The summed E-state index contributed by atoms with van der Waals surface area (Å²) >= 11 is 8.44. The van der Waals surface area contributed by atoms with E-state index in [-0.39, 0.29) is 0 Å². The average molecular weight is 405 g/mol. The number of hydrogen-bond donors (Lipinski definition) is 1. The Balaban J connectivity index is 2.29. The molecule has 100 valence electrons. The van der Waals surface area contributed by atoms with Crippen LogP contribution < -0.4 is 4.90 Å². The molecule has 0 radical (unpaired) electrons. The van der Waals surface area contributed by atoms with Crippen molar-refractivity contribution in [1.82, 2.24) is 0 Å². The van der Waals surface area contributed by atoms with Crippen LogP contribution in [0.4, 0.5) is 5.69 Å². The largest absolute Gasteiger partial charge is 0.478 e. The average Bonchev–Trinajstić information content (AvgIpc) is 2.74. The number of carboxylic acids is 1. The van der Waals surface area contributed by atoms with E-state index in [0.717, 1.165) is 8.95 Å². The lowest BCUT2D eigenvalue weighted by Gasteiger charge is -2.20. The third-order valence-electron chi connectivity index (χ3n) is 2.62. The van der Waals surface area contributed by atoms with Crippen molar-refractivity contribution in [2.75, 3.05) is 11.9 Å². The molecule has 2 aromatic rings. The van der Waals surface area contributed by atoms with Gasteiger partial charge in [0.25, 0.3) is 0 Å². The van der Waals surface area contributed by atoms with Gasteiger partial charge in [-0.1, -0.05) is 15.9 Å². The lowest BCUT2D eigenvalue weighted by molar-refractivity contribution is 0.0697. The van der Waals surface area contributed by atoms with Gasteiger partial charge in [0.05, 0.1) is 17.8 Å². The van der Waals surface area contributed by atoms with Crippen molar-refractivity contribution < 1.29 is 9.90 Å². The summed E-state index contributed by atoms with van der Waals surface area (Å²) in [7, 11) is 1.89. The molecule has 6 heteroatoms. The van der Waals surface area contributed by atoms with Gasteiger partial charge < -0.3 is 10.0 Å². The van der Waals surface area contributed by atoms with Gasteiger partial charge in [0.15, 0.2) is 0 Å². The van der Waals surface area contributed by atoms with Crippen LogP contribution in [-0.2, 0) is 6.54 Å². The minimum atomic E-state index is -0.915. The Labute approximate surface area is 132 Å². The van der Waals surface area contributed by atoms with Crippen molar-refractivity contribution in [2.24, 2.45) is 0 Å². The molecule has 0 saturated heterocycles. The fourth-order valence-corrected chi connectivity index (χ4v) is 3.61. The van der Waals surface area contributed by atoms with Crippen LogP contribution in [0, 0.1) is 0 Å². The number of halogens is 2. The SMILES string of the molecule is CN(Cc1cc(Br)cs1)c1cc(Br)ccc1C(=O)O.